The van der Waals surface area contributed by atoms with E-state index in [0.29, 0.717) is 11.6 Å². The van der Waals surface area contributed by atoms with Crippen molar-refractivity contribution in [3.05, 3.63) is 52.4 Å². The van der Waals surface area contributed by atoms with Gasteiger partial charge in [-0.25, -0.2) is 0 Å². The molecule has 0 saturated heterocycles. The first-order valence-corrected chi connectivity index (χ1v) is 12.0. The molecule has 0 amide bonds. The van der Waals surface area contributed by atoms with Crippen LogP contribution in [0.1, 0.15) is 52.7 Å². The van der Waals surface area contributed by atoms with Crippen molar-refractivity contribution in [2.45, 2.75) is 57.3 Å². The molecule has 0 saturated carbocycles. The van der Waals surface area contributed by atoms with E-state index in [1.165, 1.54) is 4.90 Å². The van der Waals surface area contributed by atoms with Crippen molar-refractivity contribution in [2.24, 2.45) is 5.18 Å². The van der Waals surface area contributed by atoms with Gasteiger partial charge in [0.05, 0.1) is 0 Å². The zero-order valence-electron chi connectivity index (χ0n) is 18.3. The van der Waals surface area contributed by atoms with Crippen LogP contribution in [0.3, 0.4) is 0 Å². The topological polar surface area (TPSA) is 58.9 Å². The summed E-state index contributed by atoms with van der Waals surface area (Å²) in [5, 5.41) is 12.9. The summed E-state index contributed by atoms with van der Waals surface area (Å²) < 4.78 is 6.26. The molecule has 0 atom stereocenters. The van der Waals surface area contributed by atoms with Crippen LogP contribution in [0.25, 0.3) is 0 Å². The van der Waals surface area contributed by atoms with Gasteiger partial charge in [-0.2, -0.15) is 10.0 Å². The minimum Gasteiger partial charge on any atom is -0.508 e. The number of rotatable bonds is 5. The summed E-state index contributed by atoms with van der Waals surface area (Å²) in [5.41, 5.74) is 1.89. The van der Waals surface area contributed by atoms with E-state index in [1.807, 2.05) is 24.3 Å². The molecule has 28 heavy (non-hydrogen) atoms. The highest BCUT2D eigenvalue weighted by molar-refractivity contribution is 8.32. The molecule has 0 radical (unpaired) electrons. The molecule has 4 nitrogen and oxygen atoms in total. The largest absolute Gasteiger partial charge is 0.508 e. The van der Waals surface area contributed by atoms with Crippen LogP contribution in [-0.4, -0.2) is 23.6 Å². The lowest BCUT2D eigenvalue weighted by molar-refractivity contribution is 0.386. The first-order valence-electron chi connectivity index (χ1n) is 9.41. The number of phenolic OH excluding ortho intramolecular Hbond substituents is 1. The Morgan fingerprint density at radius 3 is 1.79 bits per heavy atom. The van der Waals surface area contributed by atoms with Gasteiger partial charge >= 0.3 is 0 Å². The second kappa shape index (κ2) is 7.78. The lowest BCUT2D eigenvalue weighted by Gasteiger charge is -2.32. The molecule has 154 valence electrons. The minimum absolute atomic E-state index is 0.220. The highest BCUT2D eigenvalue weighted by Crippen LogP contribution is 2.50. The van der Waals surface area contributed by atoms with Crippen LogP contribution in [0.4, 0.5) is 5.69 Å². The first kappa shape index (κ1) is 22.3. The minimum atomic E-state index is -1.21. The van der Waals surface area contributed by atoms with Gasteiger partial charge in [-0.15, -0.1) is 4.91 Å². The highest BCUT2D eigenvalue weighted by atomic mass is 32.3. The molecule has 0 aromatic heterocycles. The molecule has 2 aromatic carbocycles. The Labute approximate surface area is 170 Å². The maximum Gasteiger partial charge on any atom is 0.122 e. The molecular weight excluding hydrogens is 370 g/mol. The van der Waals surface area contributed by atoms with Gasteiger partial charge in [-0.05, 0) is 80.9 Å². The SMILES string of the molecule is CC(C)(C)c1cc(OCS(C)(C)c2ccc(O)cc2)cc(C(C)(C)C)c1N=O. The van der Waals surface area contributed by atoms with E-state index in [2.05, 4.69) is 59.2 Å². The molecule has 0 aliphatic rings. The highest BCUT2D eigenvalue weighted by Gasteiger charge is 2.28. The fourth-order valence-corrected chi connectivity index (χ4v) is 4.47. The summed E-state index contributed by atoms with van der Waals surface area (Å²) in [6.07, 6.45) is 4.38. The van der Waals surface area contributed by atoms with E-state index < -0.39 is 10.0 Å². The summed E-state index contributed by atoms with van der Waals surface area (Å²) in [6.45, 7) is 12.5. The quantitative estimate of drug-likeness (QED) is 0.556. The second-order valence-corrected chi connectivity index (χ2v) is 13.5. The van der Waals surface area contributed by atoms with Gasteiger partial charge in [0.2, 0.25) is 0 Å². The Balaban J connectivity index is 2.42. The van der Waals surface area contributed by atoms with Gasteiger partial charge in [0.25, 0.3) is 0 Å². The van der Waals surface area contributed by atoms with Gasteiger partial charge < -0.3 is 9.84 Å². The first-order chi connectivity index (χ1) is 12.8. The van der Waals surface area contributed by atoms with Crippen LogP contribution in [0, 0.1) is 4.91 Å². The van der Waals surface area contributed by atoms with Gasteiger partial charge in [0.1, 0.15) is 23.1 Å². The molecule has 0 aliphatic carbocycles. The van der Waals surface area contributed by atoms with Crippen LogP contribution >= 0.6 is 10.0 Å². The van der Waals surface area contributed by atoms with Crippen molar-refractivity contribution in [3.8, 4) is 11.5 Å². The van der Waals surface area contributed by atoms with Crippen molar-refractivity contribution in [3.63, 3.8) is 0 Å². The van der Waals surface area contributed by atoms with Crippen molar-refractivity contribution < 1.29 is 9.84 Å². The summed E-state index contributed by atoms with van der Waals surface area (Å²) in [5.74, 6) is 1.58. The maximum atomic E-state index is 11.7. The van der Waals surface area contributed by atoms with E-state index in [9.17, 15) is 10.0 Å². The molecule has 0 heterocycles. The third kappa shape index (κ3) is 5.07. The molecular formula is C23H33NO3S. The lowest BCUT2D eigenvalue weighted by Crippen LogP contribution is -2.18. The number of nitrogens with zero attached hydrogens (tertiary/aromatic N) is 1. The van der Waals surface area contributed by atoms with Crippen molar-refractivity contribution >= 4 is 15.7 Å². The van der Waals surface area contributed by atoms with Crippen molar-refractivity contribution in [1.82, 2.24) is 0 Å². The number of nitroso groups, excluding NO2 is 1. The standard InChI is InChI=1S/C23H33NO3S/c1-22(2,3)19-13-17(14-20(21(19)24-26)23(4,5)6)27-15-28(7,8)18-11-9-16(25)10-12-18/h9-14,25H,15H2,1-8H3. The normalized spacial score (nSPS) is 13.3. The Bertz CT molecular complexity index is 809. The summed E-state index contributed by atoms with van der Waals surface area (Å²) >= 11 is 0. The number of ether oxygens (including phenoxy) is 1. The Hall–Kier alpha value is -2.01. The molecule has 0 fully saturated rings. The van der Waals surface area contributed by atoms with E-state index in [0.717, 1.165) is 16.9 Å². The van der Waals surface area contributed by atoms with E-state index in [1.54, 1.807) is 12.1 Å². The van der Waals surface area contributed by atoms with E-state index in [-0.39, 0.29) is 16.6 Å². The van der Waals surface area contributed by atoms with Crippen LogP contribution < -0.4 is 4.74 Å². The monoisotopic (exact) mass is 403 g/mol. The number of aromatic hydroxyl groups is 1. The predicted octanol–water partition coefficient (Wildman–Crippen LogP) is 6.84. The number of phenols is 1. The number of hydrogen-bond donors (Lipinski definition) is 1. The van der Waals surface area contributed by atoms with Crippen LogP contribution in [-0.2, 0) is 10.8 Å². The lowest BCUT2D eigenvalue weighted by atomic mass is 9.78. The van der Waals surface area contributed by atoms with Crippen molar-refractivity contribution in [2.75, 3.05) is 18.5 Å². The average molecular weight is 404 g/mol. The van der Waals surface area contributed by atoms with Crippen LogP contribution in [0.15, 0.2) is 46.5 Å². The third-order valence-electron chi connectivity index (χ3n) is 4.79. The number of hydrogen-bond acceptors (Lipinski definition) is 4. The van der Waals surface area contributed by atoms with E-state index in [4.69, 9.17) is 4.74 Å². The Morgan fingerprint density at radius 2 is 1.39 bits per heavy atom. The zero-order chi connectivity index (χ0) is 21.3. The fraction of sp³-hybridized carbons (Fsp3) is 0.478. The average Bonchev–Trinajstić information content (AvgIpc) is 2.58. The predicted molar refractivity (Wildman–Crippen MR) is 121 cm³/mol. The summed E-state index contributed by atoms with van der Waals surface area (Å²) in [6, 6.07) is 11.2. The molecule has 0 bridgehead atoms. The van der Waals surface area contributed by atoms with E-state index >= 15 is 0 Å². The Kier molecular flexibility index (Phi) is 6.19. The molecule has 0 spiro atoms. The van der Waals surface area contributed by atoms with Crippen LogP contribution in [0.5, 0.6) is 11.5 Å². The molecule has 2 aromatic rings. The second-order valence-electron chi connectivity index (χ2n) is 9.75. The third-order valence-corrected chi connectivity index (χ3v) is 7.04. The smallest absolute Gasteiger partial charge is 0.122 e. The van der Waals surface area contributed by atoms with Gasteiger partial charge in [0.15, 0.2) is 0 Å². The molecule has 0 aliphatic heterocycles. The molecule has 2 rings (SSSR count). The van der Waals surface area contributed by atoms with Gasteiger partial charge in [-0.3, -0.25) is 0 Å². The summed E-state index contributed by atoms with van der Waals surface area (Å²) in [7, 11) is -1.21. The molecule has 5 heteroatoms. The van der Waals surface area contributed by atoms with Crippen LogP contribution in [0.2, 0.25) is 0 Å². The van der Waals surface area contributed by atoms with Crippen molar-refractivity contribution in [1.29, 1.82) is 0 Å². The van der Waals surface area contributed by atoms with Gasteiger partial charge in [0, 0.05) is 0 Å². The summed E-state index contributed by atoms with van der Waals surface area (Å²) in [4.78, 5) is 12.8. The Morgan fingerprint density at radius 1 is 0.929 bits per heavy atom. The fourth-order valence-electron chi connectivity index (χ4n) is 3.03. The number of benzene rings is 2. The zero-order valence-corrected chi connectivity index (χ0v) is 19.1. The van der Waals surface area contributed by atoms with Gasteiger partial charge in [-0.1, -0.05) is 41.5 Å². The molecule has 1 N–H and O–H groups in total. The maximum absolute atomic E-state index is 11.7. The molecule has 0 unspecified atom stereocenters.